The summed E-state index contributed by atoms with van der Waals surface area (Å²) in [5.41, 5.74) is 6.87. The van der Waals surface area contributed by atoms with Gasteiger partial charge in [-0.05, 0) is 40.5 Å². The Hall–Kier alpha value is -1.78. The summed E-state index contributed by atoms with van der Waals surface area (Å²) >= 11 is 0. The van der Waals surface area contributed by atoms with Crippen LogP contribution in [0.15, 0.2) is 36.4 Å². The molecule has 120 valence electrons. The normalized spacial score (nSPS) is 11.9. The Labute approximate surface area is 137 Å². The summed E-state index contributed by atoms with van der Waals surface area (Å²) in [5.74, 6) is 0.861. The number of benzene rings is 2. The molecule has 0 heterocycles. The van der Waals surface area contributed by atoms with E-state index in [1.54, 1.807) is 7.11 Å². The maximum atomic E-state index is 11.9. The van der Waals surface area contributed by atoms with Gasteiger partial charge in [0.25, 0.3) is 0 Å². The average molecular weight is 323 g/mol. The zero-order valence-electron chi connectivity index (χ0n) is 13.1. The second-order valence-corrected chi connectivity index (χ2v) is 5.54. The smallest absolute Gasteiger partial charge is 0.237 e. The zero-order valence-corrected chi connectivity index (χ0v) is 13.9. The van der Waals surface area contributed by atoms with Gasteiger partial charge in [0, 0.05) is 6.54 Å². The maximum absolute atomic E-state index is 11.9. The average Bonchev–Trinajstić information content (AvgIpc) is 2.50. The fraction of sp³-hybridized carbons (Fsp3) is 0.353. The highest BCUT2D eigenvalue weighted by atomic mass is 35.5. The molecular weight excluding hydrogens is 300 g/mol. The molecule has 0 spiro atoms. The summed E-state index contributed by atoms with van der Waals surface area (Å²) in [6.45, 7) is 4.36. The second-order valence-electron chi connectivity index (χ2n) is 5.54. The molecular formula is C17H23ClN2O2. The van der Waals surface area contributed by atoms with Gasteiger partial charge in [-0.25, -0.2) is 0 Å². The molecule has 0 saturated heterocycles. The fourth-order valence-corrected chi connectivity index (χ4v) is 2.12. The minimum absolute atomic E-state index is 0. The van der Waals surface area contributed by atoms with Crippen LogP contribution in [0.4, 0.5) is 0 Å². The van der Waals surface area contributed by atoms with Gasteiger partial charge < -0.3 is 15.8 Å². The molecule has 0 radical (unpaired) electrons. The maximum Gasteiger partial charge on any atom is 0.237 e. The molecule has 0 aliphatic rings. The molecule has 1 unspecified atom stereocenters. The topological polar surface area (TPSA) is 64.3 Å². The Morgan fingerprint density at radius 2 is 1.82 bits per heavy atom. The second kappa shape index (κ2) is 8.01. The Kier molecular flexibility index (Phi) is 6.65. The number of hydrogen-bond acceptors (Lipinski definition) is 3. The Morgan fingerprint density at radius 1 is 1.18 bits per heavy atom. The molecule has 0 aromatic heterocycles. The lowest BCUT2D eigenvalue weighted by molar-refractivity contribution is -0.123. The van der Waals surface area contributed by atoms with E-state index >= 15 is 0 Å². The van der Waals surface area contributed by atoms with Crippen LogP contribution in [0.2, 0.25) is 0 Å². The van der Waals surface area contributed by atoms with Crippen molar-refractivity contribution in [2.45, 2.75) is 26.4 Å². The van der Waals surface area contributed by atoms with Crippen LogP contribution in [0.25, 0.3) is 10.8 Å². The van der Waals surface area contributed by atoms with E-state index in [0.29, 0.717) is 6.54 Å². The standard InChI is InChI=1S/C17H22N2O2.ClH/c1-11(2)16(18)17(20)19-10-12-4-5-14-9-15(21-3)7-6-13(14)8-12;/h4-9,11,16H,10,18H2,1-3H3,(H,19,20);1H. The Balaban J connectivity index is 0.00000242. The first-order chi connectivity index (χ1) is 10.0. The highest BCUT2D eigenvalue weighted by Crippen LogP contribution is 2.21. The molecule has 0 bridgehead atoms. The van der Waals surface area contributed by atoms with Gasteiger partial charge in [-0.3, -0.25) is 4.79 Å². The SMILES string of the molecule is COc1ccc2cc(CNC(=O)C(N)C(C)C)ccc2c1.Cl. The molecule has 1 atom stereocenters. The van der Waals surface area contributed by atoms with Gasteiger partial charge in [0.2, 0.25) is 5.91 Å². The third-order valence-corrected chi connectivity index (χ3v) is 3.60. The van der Waals surface area contributed by atoms with Gasteiger partial charge in [0.05, 0.1) is 13.2 Å². The van der Waals surface area contributed by atoms with E-state index in [0.717, 1.165) is 22.1 Å². The number of hydrogen-bond donors (Lipinski definition) is 2. The summed E-state index contributed by atoms with van der Waals surface area (Å²) < 4.78 is 5.21. The number of rotatable bonds is 5. The lowest BCUT2D eigenvalue weighted by atomic mass is 10.0. The molecule has 1 amide bonds. The molecule has 2 aromatic carbocycles. The molecule has 4 nitrogen and oxygen atoms in total. The summed E-state index contributed by atoms with van der Waals surface area (Å²) in [4.78, 5) is 11.9. The van der Waals surface area contributed by atoms with E-state index in [1.165, 1.54) is 0 Å². The van der Waals surface area contributed by atoms with Crippen molar-refractivity contribution < 1.29 is 9.53 Å². The van der Waals surface area contributed by atoms with Crippen LogP contribution in [0.1, 0.15) is 19.4 Å². The summed E-state index contributed by atoms with van der Waals surface area (Å²) in [6.07, 6.45) is 0. The van der Waals surface area contributed by atoms with Gasteiger partial charge in [0.15, 0.2) is 0 Å². The molecule has 0 aliphatic heterocycles. The van der Waals surface area contributed by atoms with E-state index in [4.69, 9.17) is 10.5 Å². The van der Waals surface area contributed by atoms with E-state index in [2.05, 4.69) is 11.4 Å². The van der Waals surface area contributed by atoms with Gasteiger partial charge >= 0.3 is 0 Å². The first kappa shape index (κ1) is 18.3. The van der Waals surface area contributed by atoms with Crippen LogP contribution in [-0.2, 0) is 11.3 Å². The molecule has 2 rings (SSSR count). The fourth-order valence-electron chi connectivity index (χ4n) is 2.12. The van der Waals surface area contributed by atoms with Crippen molar-refractivity contribution in [3.05, 3.63) is 42.0 Å². The van der Waals surface area contributed by atoms with Crippen molar-refractivity contribution in [1.29, 1.82) is 0 Å². The first-order valence-electron chi connectivity index (χ1n) is 7.11. The van der Waals surface area contributed by atoms with Crippen LogP contribution in [-0.4, -0.2) is 19.1 Å². The number of ether oxygens (including phenoxy) is 1. The summed E-state index contributed by atoms with van der Waals surface area (Å²) in [6, 6.07) is 11.6. The van der Waals surface area contributed by atoms with Crippen LogP contribution in [0, 0.1) is 5.92 Å². The van der Waals surface area contributed by atoms with Crippen molar-refractivity contribution in [2.24, 2.45) is 11.7 Å². The Morgan fingerprint density at radius 3 is 2.45 bits per heavy atom. The predicted octanol–water partition coefficient (Wildman–Crippen LogP) is 2.87. The number of halogens is 1. The lowest BCUT2D eigenvalue weighted by Gasteiger charge is -2.15. The minimum atomic E-state index is -0.463. The van der Waals surface area contributed by atoms with Crippen LogP contribution in [0.3, 0.4) is 0 Å². The lowest BCUT2D eigenvalue weighted by Crippen LogP contribution is -2.43. The highest BCUT2D eigenvalue weighted by molar-refractivity contribution is 5.85. The quantitative estimate of drug-likeness (QED) is 0.889. The third kappa shape index (κ3) is 4.36. The van der Waals surface area contributed by atoms with Crippen molar-refractivity contribution in [3.63, 3.8) is 0 Å². The Bertz CT molecular complexity index is 644. The van der Waals surface area contributed by atoms with Crippen LogP contribution < -0.4 is 15.8 Å². The third-order valence-electron chi connectivity index (χ3n) is 3.60. The molecule has 0 fully saturated rings. The van der Waals surface area contributed by atoms with E-state index in [-0.39, 0.29) is 24.2 Å². The zero-order chi connectivity index (χ0) is 15.4. The largest absolute Gasteiger partial charge is 0.497 e. The predicted molar refractivity (Wildman–Crippen MR) is 92.4 cm³/mol. The molecule has 22 heavy (non-hydrogen) atoms. The number of methoxy groups -OCH3 is 1. The monoisotopic (exact) mass is 322 g/mol. The summed E-state index contributed by atoms with van der Waals surface area (Å²) in [7, 11) is 1.66. The minimum Gasteiger partial charge on any atom is -0.497 e. The first-order valence-corrected chi connectivity index (χ1v) is 7.11. The van der Waals surface area contributed by atoms with Gasteiger partial charge in [-0.1, -0.05) is 32.0 Å². The summed E-state index contributed by atoms with van der Waals surface area (Å²) in [5, 5.41) is 5.11. The van der Waals surface area contributed by atoms with Crippen molar-refractivity contribution in [2.75, 3.05) is 7.11 Å². The van der Waals surface area contributed by atoms with Crippen LogP contribution >= 0.6 is 12.4 Å². The highest BCUT2D eigenvalue weighted by Gasteiger charge is 2.16. The van der Waals surface area contributed by atoms with Gasteiger partial charge in [-0.15, -0.1) is 12.4 Å². The van der Waals surface area contributed by atoms with Crippen molar-refractivity contribution >= 4 is 29.1 Å². The number of nitrogens with two attached hydrogens (primary N) is 1. The van der Waals surface area contributed by atoms with Gasteiger partial charge in [-0.2, -0.15) is 0 Å². The molecule has 0 saturated carbocycles. The molecule has 5 heteroatoms. The van der Waals surface area contributed by atoms with Crippen molar-refractivity contribution in [1.82, 2.24) is 5.32 Å². The van der Waals surface area contributed by atoms with E-state index in [9.17, 15) is 4.79 Å². The number of nitrogens with one attached hydrogen (secondary N) is 1. The number of carbonyl (C=O) groups is 1. The molecule has 3 N–H and O–H groups in total. The van der Waals surface area contributed by atoms with E-state index in [1.807, 2.05) is 44.2 Å². The molecule has 2 aromatic rings. The van der Waals surface area contributed by atoms with Crippen LogP contribution in [0.5, 0.6) is 5.75 Å². The van der Waals surface area contributed by atoms with Gasteiger partial charge in [0.1, 0.15) is 5.75 Å². The number of fused-ring (bicyclic) bond motifs is 1. The number of amides is 1. The van der Waals surface area contributed by atoms with Crippen molar-refractivity contribution in [3.8, 4) is 5.75 Å². The number of carbonyl (C=O) groups excluding carboxylic acids is 1. The van der Waals surface area contributed by atoms with E-state index < -0.39 is 6.04 Å². The molecule has 0 aliphatic carbocycles.